The SMILES string of the molecule is C=C/C=C\c1nc(C)oc1CC. The molecule has 12 heavy (non-hydrogen) atoms. The molecule has 1 aromatic heterocycles. The van der Waals surface area contributed by atoms with Crippen molar-refractivity contribution in [1.29, 1.82) is 0 Å². The quantitative estimate of drug-likeness (QED) is 0.640. The Hall–Kier alpha value is -1.31. The van der Waals surface area contributed by atoms with E-state index in [1.54, 1.807) is 6.08 Å². The highest BCUT2D eigenvalue weighted by molar-refractivity contribution is 5.48. The molecule has 0 N–H and O–H groups in total. The van der Waals surface area contributed by atoms with Gasteiger partial charge in [-0.2, -0.15) is 0 Å². The van der Waals surface area contributed by atoms with Crippen LogP contribution in [0.5, 0.6) is 0 Å². The first kappa shape index (κ1) is 8.78. The number of allylic oxidation sites excluding steroid dienone is 2. The Morgan fingerprint density at radius 1 is 1.58 bits per heavy atom. The maximum absolute atomic E-state index is 5.36. The largest absolute Gasteiger partial charge is 0.445 e. The number of oxazole rings is 1. The van der Waals surface area contributed by atoms with Crippen LogP contribution >= 0.6 is 0 Å². The minimum absolute atomic E-state index is 0.718. The Kier molecular flexibility index (Phi) is 2.86. The lowest BCUT2D eigenvalue weighted by Crippen LogP contribution is -1.79. The molecule has 0 atom stereocenters. The molecular weight excluding hydrogens is 150 g/mol. The van der Waals surface area contributed by atoms with E-state index in [1.807, 2.05) is 26.0 Å². The number of aromatic nitrogens is 1. The molecule has 1 aromatic rings. The fourth-order valence-electron chi connectivity index (χ4n) is 1.03. The molecule has 0 saturated carbocycles. The van der Waals surface area contributed by atoms with E-state index in [0.717, 1.165) is 23.8 Å². The van der Waals surface area contributed by atoms with Gasteiger partial charge in [-0.3, -0.25) is 0 Å². The predicted molar refractivity (Wildman–Crippen MR) is 49.8 cm³/mol. The first-order valence-corrected chi connectivity index (χ1v) is 4.03. The van der Waals surface area contributed by atoms with Gasteiger partial charge in [0.05, 0.1) is 0 Å². The van der Waals surface area contributed by atoms with Crippen LogP contribution in [0.25, 0.3) is 6.08 Å². The molecule has 0 unspecified atom stereocenters. The van der Waals surface area contributed by atoms with Gasteiger partial charge in [-0.15, -0.1) is 0 Å². The smallest absolute Gasteiger partial charge is 0.191 e. The fraction of sp³-hybridized carbons (Fsp3) is 0.300. The van der Waals surface area contributed by atoms with E-state index in [4.69, 9.17) is 4.42 Å². The summed E-state index contributed by atoms with van der Waals surface area (Å²) in [6, 6.07) is 0. The van der Waals surface area contributed by atoms with Crippen LogP contribution < -0.4 is 0 Å². The van der Waals surface area contributed by atoms with Gasteiger partial charge < -0.3 is 4.42 Å². The second-order valence-electron chi connectivity index (χ2n) is 2.49. The summed E-state index contributed by atoms with van der Waals surface area (Å²) < 4.78 is 5.36. The minimum atomic E-state index is 0.718. The Balaban J connectivity index is 2.96. The molecule has 0 bridgehead atoms. The van der Waals surface area contributed by atoms with Crippen LogP contribution in [0.3, 0.4) is 0 Å². The van der Waals surface area contributed by atoms with E-state index in [-0.39, 0.29) is 0 Å². The Morgan fingerprint density at radius 3 is 2.92 bits per heavy atom. The van der Waals surface area contributed by atoms with Gasteiger partial charge >= 0.3 is 0 Å². The molecule has 0 aliphatic heterocycles. The lowest BCUT2D eigenvalue weighted by Gasteiger charge is -1.87. The number of hydrogen-bond donors (Lipinski definition) is 0. The van der Waals surface area contributed by atoms with Crippen molar-refractivity contribution in [3.8, 4) is 0 Å². The average molecular weight is 163 g/mol. The van der Waals surface area contributed by atoms with Crippen LogP contribution in [0, 0.1) is 6.92 Å². The summed E-state index contributed by atoms with van der Waals surface area (Å²) in [7, 11) is 0. The zero-order valence-corrected chi connectivity index (χ0v) is 7.50. The molecule has 0 fully saturated rings. The van der Waals surface area contributed by atoms with Gasteiger partial charge in [0.15, 0.2) is 5.89 Å². The molecule has 0 radical (unpaired) electrons. The Morgan fingerprint density at radius 2 is 2.33 bits per heavy atom. The van der Waals surface area contributed by atoms with E-state index >= 15 is 0 Å². The van der Waals surface area contributed by atoms with Crippen LogP contribution in [0.2, 0.25) is 0 Å². The summed E-state index contributed by atoms with van der Waals surface area (Å²) in [5, 5.41) is 0. The monoisotopic (exact) mass is 163 g/mol. The van der Waals surface area contributed by atoms with Gasteiger partial charge in [0.25, 0.3) is 0 Å². The van der Waals surface area contributed by atoms with Crippen molar-refractivity contribution in [1.82, 2.24) is 4.98 Å². The number of rotatable bonds is 3. The van der Waals surface area contributed by atoms with Crippen molar-refractivity contribution in [2.75, 3.05) is 0 Å². The standard InChI is InChI=1S/C10H13NO/c1-4-6-7-9-10(5-2)12-8(3)11-9/h4,6-7H,1,5H2,2-3H3/b7-6-. The fourth-order valence-corrected chi connectivity index (χ4v) is 1.03. The van der Waals surface area contributed by atoms with Crippen molar-refractivity contribution in [2.45, 2.75) is 20.3 Å². The molecule has 0 aliphatic carbocycles. The van der Waals surface area contributed by atoms with Gasteiger partial charge in [0, 0.05) is 13.3 Å². The zero-order chi connectivity index (χ0) is 8.97. The third-order valence-corrected chi connectivity index (χ3v) is 1.55. The van der Waals surface area contributed by atoms with E-state index in [0.29, 0.717) is 0 Å². The van der Waals surface area contributed by atoms with Crippen molar-refractivity contribution in [2.24, 2.45) is 0 Å². The first-order chi connectivity index (χ1) is 5.77. The Labute approximate surface area is 72.6 Å². The van der Waals surface area contributed by atoms with Gasteiger partial charge in [-0.25, -0.2) is 4.98 Å². The third-order valence-electron chi connectivity index (χ3n) is 1.55. The minimum Gasteiger partial charge on any atom is -0.445 e. The number of nitrogens with zero attached hydrogens (tertiary/aromatic N) is 1. The summed E-state index contributed by atoms with van der Waals surface area (Å²) in [5.41, 5.74) is 0.912. The lowest BCUT2D eigenvalue weighted by molar-refractivity contribution is 0.479. The van der Waals surface area contributed by atoms with Crippen LogP contribution in [0.4, 0.5) is 0 Å². The highest BCUT2D eigenvalue weighted by Gasteiger charge is 2.04. The van der Waals surface area contributed by atoms with Crippen LogP contribution in [0.1, 0.15) is 24.3 Å². The highest BCUT2D eigenvalue weighted by Crippen LogP contribution is 2.12. The summed E-state index contributed by atoms with van der Waals surface area (Å²) in [4.78, 5) is 4.22. The van der Waals surface area contributed by atoms with Crippen LogP contribution in [-0.2, 0) is 6.42 Å². The maximum atomic E-state index is 5.36. The molecule has 2 nitrogen and oxygen atoms in total. The molecular formula is C10H13NO. The van der Waals surface area contributed by atoms with Gasteiger partial charge in [-0.1, -0.05) is 25.7 Å². The molecule has 0 saturated heterocycles. The maximum Gasteiger partial charge on any atom is 0.191 e. The lowest BCUT2D eigenvalue weighted by atomic mass is 10.2. The van der Waals surface area contributed by atoms with Crippen molar-refractivity contribution in [3.05, 3.63) is 36.1 Å². The van der Waals surface area contributed by atoms with E-state index in [9.17, 15) is 0 Å². The van der Waals surface area contributed by atoms with Crippen molar-refractivity contribution >= 4 is 6.08 Å². The second kappa shape index (κ2) is 3.90. The average Bonchev–Trinajstić information content (AvgIpc) is 2.42. The van der Waals surface area contributed by atoms with E-state index < -0.39 is 0 Å². The number of aryl methyl sites for hydroxylation is 2. The van der Waals surface area contributed by atoms with Gasteiger partial charge in [0.1, 0.15) is 11.5 Å². The molecule has 0 aliphatic rings. The van der Waals surface area contributed by atoms with E-state index in [2.05, 4.69) is 11.6 Å². The molecule has 1 heterocycles. The van der Waals surface area contributed by atoms with Crippen LogP contribution in [-0.4, -0.2) is 4.98 Å². The Bertz CT molecular complexity index is 297. The molecule has 1 rings (SSSR count). The second-order valence-corrected chi connectivity index (χ2v) is 2.49. The summed E-state index contributed by atoms with van der Waals surface area (Å²) >= 11 is 0. The van der Waals surface area contributed by atoms with Gasteiger partial charge in [0.2, 0.25) is 0 Å². The predicted octanol–water partition coefficient (Wildman–Crippen LogP) is 2.74. The molecule has 0 amide bonds. The van der Waals surface area contributed by atoms with Crippen molar-refractivity contribution in [3.63, 3.8) is 0 Å². The van der Waals surface area contributed by atoms with Gasteiger partial charge in [-0.05, 0) is 6.08 Å². The molecule has 2 heteroatoms. The summed E-state index contributed by atoms with van der Waals surface area (Å²) in [6.45, 7) is 7.49. The van der Waals surface area contributed by atoms with E-state index in [1.165, 1.54) is 0 Å². The topological polar surface area (TPSA) is 26.0 Å². The molecule has 0 aromatic carbocycles. The zero-order valence-electron chi connectivity index (χ0n) is 7.50. The molecule has 0 spiro atoms. The number of hydrogen-bond acceptors (Lipinski definition) is 2. The summed E-state index contributed by atoms with van der Waals surface area (Å²) in [6.07, 6.45) is 6.36. The highest BCUT2D eigenvalue weighted by atomic mass is 16.4. The third kappa shape index (κ3) is 1.84. The normalized spacial score (nSPS) is 10.8. The van der Waals surface area contributed by atoms with Crippen molar-refractivity contribution < 1.29 is 4.42 Å². The van der Waals surface area contributed by atoms with Crippen LogP contribution in [0.15, 0.2) is 23.1 Å². The first-order valence-electron chi connectivity index (χ1n) is 4.03. The summed E-state index contributed by atoms with van der Waals surface area (Å²) in [5.74, 6) is 1.65. The molecule has 64 valence electrons.